The predicted octanol–water partition coefficient (Wildman–Crippen LogP) is 2.22. The van der Waals surface area contributed by atoms with Gasteiger partial charge < -0.3 is 10.0 Å². The first-order valence-electron chi connectivity index (χ1n) is 5.67. The molecule has 0 unspecified atom stereocenters. The van der Waals surface area contributed by atoms with Crippen LogP contribution in [0.5, 0.6) is 0 Å². The van der Waals surface area contributed by atoms with Crippen LogP contribution in [0.25, 0.3) is 0 Å². The Kier molecular flexibility index (Phi) is 3.27. The molecule has 0 radical (unpaired) electrons. The van der Waals surface area contributed by atoms with E-state index in [9.17, 15) is 9.90 Å². The summed E-state index contributed by atoms with van der Waals surface area (Å²) in [5.74, 6) is 0.0147. The molecular formula is C13H16BrNO2. The molecule has 17 heavy (non-hydrogen) atoms. The van der Waals surface area contributed by atoms with Crippen LogP contribution in [-0.2, 0) is 6.42 Å². The first-order chi connectivity index (χ1) is 7.87. The summed E-state index contributed by atoms with van der Waals surface area (Å²) < 4.78 is 1.000. The number of fused-ring (bicyclic) bond motifs is 1. The van der Waals surface area contributed by atoms with Crippen LogP contribution in [0.4, 0.5) is 0 Å². The Bertz CT molecular complexity index is 451. The lowest BCUT2D eigenvalue weighted by Gasteiger charge is -2.33. The number of hydrogen-bond donors (Lipinski definition) is 1. The average Bonchev–Trinajstić information content (AvgIpc) is 2.20. The quantitative estimate of drug-likeness (QED) is 0.909. The Morgan fingerprint density at radius 1 is 1.47 bits per heavy atom. The lowest BCUT2D eigenvalue weighted by Crippen LogP contribution is -2.45. The first-order valence-corrected chi connectivity index (χ1v) is 6.46. The van der Waals surface area contributed by atoms with Crippen LogP contribution in [0.3, 0.4) is 0 Å². The lowest BCUT2D eigenvalue weighted by molar-refractivity contribution is 0.0288. The molecule has 1 aliphatic heterocycles. The molecule has 0 saturated heterocycles. The van der Waals surface area contributed by atoms with Crippen molar-refractivity contribution in [1.82, 2.24) is 4.90 Å². The van der Waals surface area contributed by atoms with Crippen molar-refractivity contribution >= 4 is 21.8 Å². The molecule has 0 aromatic heterocycles. The standard InChI is InChI=1S/C13H16BrNO2/c1-13(2,17)8-15-6-5-9-7-10(14)3-4-11(9)12(15)16/h3-4,7,17H,5-6,8H2,1-2H3. The van der Waals surface area contributed by atoms with Crippen LogP contribution >= 0.6 is 15.9 Å². The Hall–Kier alpha value is -0.870. The van der Waals surface area contributed by atoms with Crippen molar-refractivity contribution in [3.8, 4) is 0 Å². The first kappa shape index (κ1) is 12.6. The smallest absolute Gasteiger partial charge is 0.254 e. The summed E-state index contributed by atoms with van der Waals surface area (Å²) in [6, 6.07) is 5.72. The minimum atomic E-state index is -0.845. The zero-order valence-electron chi connectivity index (χ0n) is 10.0. The van der Waals surface area contributed by atoms with Gasteiger partial charge >= 0.3 is 0 Å². The van der Waals surface area contributed by atoms with Crippen molar-refractivity contribution in [2.24, 2.45) is 0 Å². The van der Waals surface area contributed by atoms with E-state index in [0.717, 1.165) is 22.0 Å². The number of amides is 1. The second-order valence-corrected chi connectivity index (χ2v) is 6.01. The number of hydrogen-bond acceptors (Lipinski definition) is 2. The van der Waals surface area contributed by atoms with Crippen LogP contribution < -0.4 is 0 Å². The van der Waals surface area contributed by atoms with E-state index in [-0.39, 0.29) is 5.91 Å². The van der Waals surface area contributed by atoms with E-state index < -0.39 is 5.60 Å². The van der Waals surface area contributed by atoms with Gasteiger partial charge in [-0.05, 0) is 44.0 Å². The molecule has 0 spiro atoms. The van der Waals surface area contributed by atoms with E-state index in [1.165, 1.54) is 0 Å². The minimum Gasteiger partial charge on any atom is -0.389 e. The second-order valence-electron chi connectivity index (χ2n) is 5.09. The van der Waals surface area contributed by atoms with Gasteiger partial charge in [0.15, 0.2) is 0 Å². The topological polar surface area (TPSA) is 40.5 Å². The molecule has 1 amide bonds. The Morgan fingerprint density at radius 2 is 2.18 bits per heavy atom. The summed E-state index contributed by atoms with van der Waals surface area (Å²) in [6.45, 7) is 4.49. The number of carbonyl (C=O) groups is 1. The summed E-state index contributed by atoms with van der Waals surface area (Å²) >= 11 is 3.41. The number of halogens is 1. The highest BCUT2D eigenvalue weighted by molar-refractivity contribution is 9.10. The maximum absolute atomic E-state index is 12.2. The van der Waals surface area contributed by atoms with E-state index in [0.29, 0.717) is 13.1 Å². The van der Waals surface area contributed by atoms with Gasteiger partial charge in [0.2, 0.25) is 0 Å². The molecule has 1 heterocycles. The second kappa shape index (κ2) is 4.42. The predicted molar refractivity (Wildman–Crippen MR) is 70.0 cm³/mol. The maximum Gasteiger partial charge on any atom is 0.254 e. The van der Waals surface area contributed by atoms with Gasteiger partial charge in [0.25, 0.3) is 5.91 Å². The third kappa shape index (κ3) is 2.87. The summed E-state index contributed by atoms with van der Waals surface area (Å²) in [7, 11) is 0. The number of aliphatic hydroxyl groups is 1. The van der Waals surface area contributed by atoms with Crippen LogP contribution in [0.1, 0.15) is 29.8 Å². The number of rotatable bonds is 2. The fraction of sp³-hybridized carbons (Fsp3) is 0.462. The van der Waals surface area contributed by atoms with Gasteiger partial charge in [-0.2, -0.15) is 0 Å². The summed E-state index contributed by atoms with van der Waals surface area (Å²) in [5, 5.41) is 9.78. The monoisotopic (exact) mass is 297 g/mol. The highest BCUT2D eigenvalue weighted by Gasteiger charge is 2.28. The largest absolute Gasteiger partial charge is 0.389 e. The molecule has 3 nitrogen and oxygen atoms in total. The van der Waals surface area contributed by atoms with Crippen LogP contribution in [0.2, 0.25) is 0 Å². The van der Waals surface area contributed by atoms with Crippen molar-refractivity contribution in [3.63, 3.8) is 0 Å². The highest BCUT2D eigenvalue weighted by Crippen LogP contribution is 2.23. The minimum absolute atomic E-state index is 0.0147. The van der Waals surface area contributed by atoms with Crippen LogP contribution in [0, 0.1) is 0 Å². The van der Waals surface area contributed by atoms with Gasteiger partial charge in [-0.3, -0.25) is 4.79 Å². The highest BCUT2D eigenvalue weighted by atomic mass is 79.9. The zero-order chi connectivity index (χ0) is 12.6. The fourth-order valence-electron chi connectivity index (χ4n) is 2.12. The van der Waals surface area contributed by atoms with Crippen molar-refractivity contribution < 1.29 is 9.90 Å². The van der Waals surface area contributed by atoms with Crippen molar-refractivity contribution in [2.75, 3.05) is 13.1 Å². The summed E-state index contributed by atoms with van der Waals surface area (Å²) in [4.78, 5) is 13.9. The van der Waals surface area contributed by atoms with E-state index in [4.69, 9.17) is 0 Å². The number of benzene rings is 1. The molecular weight excluding hydrogens is 282 g/mol. The number of carbonyl (C=O) groups excluding carboxylic acids is 1. The zero-order valence-corrected chi connectivity index (χ0v) is 11.6. The van der Waals surface area contributed by atoms with E-state index in [1.54, 1.807) is 18.7 Å². The summed E-state index contributed by atoms with van der Waals surface area (Å²) in [6.07, 6.45) is 0.844. The molecule has 0 bridgehead atoms. The van der Waals surface area contributed by atoms with Gasteiger partial charge in [0.05, 0.1) is 5.60 Å². The molecule has 0 saturated carbocycles. The van der Waals surface area contributed by atoms with Gasteiger partial charge in [-0.15, -0.1) is 0 Å². The number of β-amino-alcohol motifs (C(OH)–C–C–N with tert-alkyl or cyclic N) is 1. The van der Waals surface area contributed by atoms with E-state index in [1.807, 2.05) is 18.2 Å². The van der Waals surface area contributed by atoms with Gasteiger partial charge in [0.1, 0.15) is 0 Å². The van der Waals surface area contributed by atoms with Gasteiger partial charge in [-0.25, -0.2) is 0 Å². The molecule has 1 aromatic carbocycles. The summed E-state index contributed by atoms with van der Waals surface area (Å²) in [5.41, 5.74) is 0.989. The molecule has 2 rings (SSSR count). The maximum atomic E-state index is 12.2. The fourth-order valence-corrected chi connectivity index (χ4v) is 2.53. The SMILES string of the molecule is CC(C)(O)CN1CCc2cc(Br)ccc2C1=O. The third-order valence-electron chi connectivity index (χ3n) is 2.81. The molecule has 0 atom stereocenters. The van der Waals surface area contributed by atoms with Crippen LogP contribution in [-0.4, -0.2) is 34.6 Å². The molecule has 1 aromatic rings. The molecule has 0 aliphatic carbocycles. The Morgan fingerprint density at radius 3 is 2.82 bits per heavy atom. The molecule has 1 N–H and O–H groups in total. The van der Waals surface area contributed by atoms with Crippen molar-refractivity contribution in [3.05, 3.63) is 33.8 Å². The average molecular weight is 298 g/mol. The Labute approximate surface area is 110 Å². The van der Waals surface area contributed by atoms with Crippen LogP contribution in [0.15, 0.2) is 22.7 Å². The third-order valence-corrected chi connectivity index (χ3v) is 3.31. The molecule has 92 valence electrons. The van der Waals surface area contributed by atoms with Crippen molar-refractivity contribution in [1.29, 1.82) is 0 Å². The van der Waals surface area contributed by atoms with E-state index >= 15 is 0 Å². The van der Waals surface area contributed by atoms with Gasteiger partial charge in [-0.1, -0.05) is 15.9 Å². The Balaban J connectivity index is 2.25. The normalized spacial score (nSPS) is 16.0. The van der Waals surface area contributed by atoms with Crippen molar-refractivity contribution in [2.45, 2.75) is 25.9 Å². The molecule has 4 heteroatoms. The number of nitrogens with zero attached hydrogens (tertiary/aromatic N) is 1. The molecule has 1 aliphatic rings. The molecule has 0 fully saturated rings. The van der Waals surface area contributed by atoms with E-state index in [2.05, 4.69) is 15.9 Å². The van der Waals surface area contributed by atoms with Gasteiger partial charge in [0, 0.05) is 23.1 Å². The lowest BCUT2D eigenvalue weighted by atomic mass is 9.98.